The van der Waals surface area contributed by atoms with Gasteiger partial charge in [0.25, 0.3) is 0 Å². The summed E-state index contributed by atoms with van der Waals surface area (Å²) in [7, 11) is 1.84. The molecule has 20 heavy (non-hydrogen) atoms. The van der Waals surface area contributed by atoms with Crippen LogP contribution >= 0.6 is 11.6 Å². The highest BCUT2D eigenvalue weighted by Crippen LogP contribution is 2.32. The van der Waals surface area contributed by atoms with Crippen molar-refractivity contribution in [3.8, 4) is 0 Å². The molecular formula is C15H17ClFN3. The van der Waals surface area contributed by atoms with Gasteiger partial charge in [0, 0.05) is 25.4 Å². The molecule has 2 aromatic rings. The van der Waals surface area contributed by atoms with Gasteiger partial charge in [-0.3, -0.25) is 0 Å². The topological polar surface area (TPSA) is 42.2 Å². The summed E-state index contributed by atoms with van der Waals surface area (Å²) in [4.78, 5) is 6.13. The molecular weight excluding hydrogens is 277 g/mol. The van der Waals surface area contributed by atoms with Crippen molar-refractivity contribution in [3.05, 3.63) is 58.5 Å². The first-order valence-electron chi connectivity index (χ1n) is 6.37. The van der Waals surface area contributed by atoms with Crippen LogP contribution in [0.4, 0.5) is 10.2 Å². The van der Waals surface area contributed by atoms with E-state index in [9.17, 15) is 4.39 Å². The summed E-state index contributed by atoms with van der Waals surface area (Å²) in [5.41, 5.74) is 7.07. The number of anilines is 1. The van der Waals surface area contributed by atoms with E-state index in [1.54, 1.807) is 24.4 Å². The highest BCUT2D eigenvalue weighted by Gasteiger charge is 2.19. The van der Waals surface area contributed by atoms with Crippen molar-refractivity contribution in [2.45, 2.75) is 19.5 Å². The molecule has 0 fully saturated rings. The van der Waals surface area contributed by atoms with E-state index >= 15 is 0 Å². The fourth-order valence-electron chi connectivity index (χ4n) is 2.08. The van der Waals surface area contributed by atoms with Gasteiger partial charge in [-0.05, 0) is 24.6 Å². The highest BCUT2D eigenvalue weighted by atomic mass is 35.5. The lowest BCUT2D eigenvalue weighted by Gasteiger charge is -2.27. The average Bonchev–Trinajstić information content (AvgIpc) is 2.46. The van der Waals surface area contributed by atoms with Gasteiger partial charge < -0.3 is 10.6 Å². The van der Waals surface area contributed by atoms with Crippen molar-refractivity contribution in [2.75, 3.05) is 11.9 Å². The van der Waals surface area contributed by atoms with Gasteiger partial charge in [0.05, 0.1) is 11.1 Å². The number of hydrogen-bond donors (Lipinski definition) is 1. The SMILES string of the molecule is CC(c1ccccc1F)N(C)c1nccc(CN)c1Cl. The minimum atomic E-state index is -0.238. The Morgan fingerprint density at radius 1 is 1.35 bits per heavy atom. The molecule has 0 amide bonds. The molecule has 1 atom stereocenters. The van der Waals surface area contributed by atoms with Crippen molar-refractivity contribution in [2.24, 2.45) is 5.73 Å². The largest absolute Gasteiger partial charge is 0.352 e. The van der Waals surface area contributed by atoms with Gasteiger partial charge in [0.15, 0.2) is 0 Å². The summed E-state index contributed by atoms with van der Waals surface area (Å²) in [6.45, 7) is 2.25. The zero-order chi connectivity index (χ0) is 14.7. The molecule has 0 spiro atoms. The second-order valence-corrected chi connectivity index (χ2v) is 5.00. The number of hydrogen-bond acceptors (Lipinski definition) is 3. The molecule has 0 aliphatic carbocycles. The monoisotopic (exact) mass is 293 g/mol. The third-order valence-corrected chi connectivity index (χ3v) is 3.85. The Bertz CT molecular complexity index is 603. The van der Waals surface area contributed by atoms with Crippen LogP contribution in [0.1, 0.15) is 24.1 Å². The lowest BCUT2D eigenvalue weighted by Crippen LogP contribution is -2.24. The second kappa shape index (κ2) is 6.20. The molecule has 1 aromatic carbocycles. The van der Waals surface area contributed by atoms with Gasteiger partial charge in [-0.1, -0.05) is 29.8 Å². The zero-order valence-corrected chi connectivity index (χ0v) is 12.2. The molecule has 1 aromatic heterocycles. The number of nitrogens with two attached hydrogens (primary N) is 1. The van der Waals surface area contributed by atoms with Crippen LogP contribution in [-0.2, 0) is 6.54 Å². The molecule has 5 heteroatoms. The van der Waals surface area contributed by atoms with E-state index in [0.717, 1.165) is 5.56 Å². The van der Waals surface area contributed by atoms with Crippen LogP contribution in [-0.4, -0.2) is 12.0 Å². The Morgan fingerprint density at radius 2 is 2.05 bits per heavy atom. The highest BCUT2D eigenvalue weighted by molar-refractivity contribution is 6.33. The summed E-state index contributed by atoms with van der Waals surface area (Å²) >= 11 is 6.30. The van der Waals surface area contributed by atoms with E-state index in [-0.39, 0.29) is 11.9 Å². The van der Waals surface area contributed by atoms with E-state index < -0.39 is 0 Å². The fourth-order valence-corrected chi connectivity index (χ4v) is 2.40. The first-order chi connectivity index (χ1) is 9.56. The Balaban J connectivity index is 2.36. The molecule has 1 heterocycles. The van der Waals surface area contributed by atoms with Crippen molar-refractivity contribution in [3.63, 3.8) is 0 Å². The predicted molar refractivity (Wildman–Crippen MR) is 80.4 cm³/mol. The quantitative estimate of drug-likeness (QED) is 0.937. The lowest BCUT2D eigenvalue weighted by molar-refractivity contribution is 0.584. The van der Waals surface area contributed by atoms with E-state index in [0.29, 0.717) is 22.9 Å². The first-order valence-corrected chi connectivity index (χ1v) is 6.74. The minimum Gasteiger partial charge on any atom is -0.352 e. The molecule has 2 N–H and O–H groups in total. The van der Waals surface area contributed by atoms with Gasteiger partial charge in [0.1, 0.15) is 11.6 Å². The summed E-state index contributed by atoms with van der Waals surface area (Å²) in [5, 5.41) is 0.515. The molecule has 0 aliphatic rings. The van der Waals surface area contributed by atoms with Crippen LogP contribution in [0.25, 0.3) is 0 Å². The van der Waals surface area contributed by atoms with Crippen molar-refractivity contribution in [1.82, 2.24) is 4.98 Å². The maximum Gasteiger partial charge on any atom is 0.147 e. The molecule has 3 nitrogen and oxygen atoms in total. The van der Waals surface area contributed by atoms with E-state index in [1.165, 1.54) is 6.07 Å². The molecule has 106 valence electrons. The van der Waals surface area contributed by atoms with E-state index in [4.69, 9.17) is 17.3 Å². The number of benzene rings is 1. The van der Waals surface area contributed by atoms with E-state index in [2.05, 4.69) is 4.98 Å². The molecule has 0 saturated heterocycles. The Kier molecular flexibility index (Phi) is 4.57. The van der Waals surface area contributed by atoms with Crippen molar-refractivity contribution in [1.29, 1.82) is 0 Å². The fraction of sp³-hybridized carbons (Fsp3) is 0.267. The lowest BCUT2D eigenvalue weighted by atomic mass is 10.1. The van der Waals surface area contributed by atoms with Gasteiger partial charge in [-0.25, -0.2) is 9.37 Å². The Morgan fingerprint density at radius 3 is 2.70 bits per heavy atom. The second-order valence-electron chi connectivity index (χ2n) is 4.62. The maximum atomic E-state index is 13.9. The summed E-state index contributed by atoms with van der Waals surface area (Å²) in [6, 6.07) is 8.30. The van der Waals surface area contributed by atoms with Gasteiger partial charge >= 0.3 is 0 Å². The standard InChI is InChI=1S/C15H17ClFN3/c1-10(12-5-3-4-6-13(12)17)20(2)15-14(16)11(9-18)7-8-19-15/h3-8,10H,9,18H2,1-2H3. The van der Waals surface area contributed by atoms with E-state index in [1.807, 2.05) is 24.9 Å². The number of pyridine rings is 1. The number of nitrogens with zero attached hydrogens (tertiary/aromatic N) is 2. The Hall–Kier alpha value is -1.65. The predicted octanol–water partition coefficient (Wildman–Crippen LogP) is 3.53. The average molecular weight is 294 g/mol. The van der Waals surface area contributed by atoms with Crippen molar-refractivity contribution < 1.29 is 4.39 Å². The molecule has 0 aliphatic heterocycles. The van der Waals surface area contributed by atoms with Crippen LogP contribution in [0.3, 0.4) is 0 Å². The van der Waals surface area contributed by atoms with Crippen LogP contribution in [0.15, 0.2) is 36.5 Å². The summed E-state index contributed by atoms with van der Waals surface area (Å²) in [5.74, 6) is 0.364. The third-order valence-electron chi connectivity index (χ3n) is 3.44. The molecule has 1 unspecified atom stereocenters. The Labute approximate surface area is 123 Å². The molecule has 0 radical (unpaired) electrons. The first kappa shape index (κ1) is 14.8. The number of halogens is 2. The number of aromatic nitrogens is 1. The van der Waals surface area contributed by atoms with Crippen LogP contribution in [0.2, 0.25) is 5.02 Å². The van der Waals surface area contributed by atoms with Crippen molar-refractivity contribution >= 4 is 17.4 Å². The maximum absolute atomic E-state index is 13.9. The number of rotatable bonds is 4. The molecule has 0 bridgehead atoms. The molecule has 0 saturated carbocycles. The smallest absolute Gasteiger partial charge is 0.147 e. The van der Waals surface area contributed by atoms with Gasteiger partial charge in [-0.2, -0.15) is 0 Å². The summed E-state index contributed by atoms with van der Waals surface area (Å²) < 4.78 is 13.9. The van der Waals surface area contributed by atoms with Gasteiger partial charge in [-0.15, -0.1) is 0 Å². The van der Waals surface area contributed by atoms with Crippen LogP contribution < -0.4 is 10.6 Å². The third kappa shape index (κ3) is 2.76. The molecule has 2 rings (SSSR count). The minimum absolute atomic E-state index is 0.186. The van der Waals surface area contributed by atoms with Gasteiger partial charge in [0.2, 0.25) is 0 Å². The summed E-state index contributed by atoms with van der Waals surface area (Å²) in [6.07, 6.45) is 1.66. The van der Waals surface area contributed by atoms with Crippen LogP contribution in [0, 0.1) is 5.82 Å². The normalized spacial score (nSPS) is 12.2. The zero-order valence-electron chi connectivity index (χ0n) is 11.5. The van der Waals surface area contributed by atoms with Crippen LogP contribution in [0.5, 0.6) is 0 Å².